The highest BCUT2D eigenvalue weighted by Gasteiger charge is 2.25. The second kappa shape index (κ2) is 10.6. The van der Waals surface area contributed by atoms with E-state index in [-0.39, 0.29) is 18.2 Å². The topological polar surface area (TPSA) is 65.0 Å². The first kappa shape index (κ1) is 23.0. The average Bonchev–Trinajstić information content (AvgIpc) is 2.72. The second-order valence-electron chi connectivity index (χ2n) is 7.96. The first-order valence-corrected chi connectivity index (χ1v) is 10.5. The normalized spacial score (nSPS) is 19.1. The molecule has 0 aromatic heterocycles. The van der Waals surface area contributed by atoms with Crippen LogP contribution >= 0.6 is 0 Å². The quantitative estimate of drug-likeness (QED) is 0.487. The van der Waals surface area contributed by atoms with Gasteiger partial charge in [-0.3, -0.25) is 4.79 Å². The van der Waals surface area contributed by atoms with E-state index >= 15 is 0 Å². The van der Waals surface area contributed by atoms with Crippen LogP contribution in [0, 0.1) is 5.82 Å². The van der Waals surface area contributed by atoms with Gasteiger partial charge in [0.15, 0.2) is 0 Å². The van der Waals surface area contributed by atoms with Gasteiger partial charge in [-0.1, -0.05) is 32.1 Å². The highest BCUT2D eigenvalue weighted by atomic mass is 19.1. The smallest absolute Gasteiger partial charge is 0.309 e. The molecule has 6 heteroatoms. The molecule has 0 aliphatic carbocycles. The summed E-state index contributed by atoms with van der Waals surface area (Å²) in [6, 6.07) is 10.2. The van der Waals surface area contributed by atoms with Crippen molar-refractivity contribution in [3.05, 3.63) is 59.4 Å². The third-order valence-electron chi connectivity index (χ3n) is 5.19. The van der Waals surface area contributed by atoms with Gasteiger partial charge in [0.25, 0.3) is 0 Å². The van der Waals surface area contributed by atoms with Gasteiger partial charge in [0.1, 0.15) is 24.3 Å². The Bertz CT molecular complexity index is 920. The number of ether oxygens (including phenoxy) is 3. The van der Waals surface area contributed by atoms with Gasteiger partial charge < -0.3 is 19.3 Å². The maximum Gasteiger partial charge on any atom is 0.309 e. The Hall–Kier alpha value is -2.70. The molecular weight excluding hydrogens is 399 g/mol. The van der Waals surface area contributed by atoms with E-state index in [0.717, 1.165) is 22.3 Å². The summed E-state index contributed by atoms with van der Waals surface area (Å²) >= 11 is 0. The lowest BCUT2D eigenvalue weighted by Gasteiger charge is -2.24. The minimum absolute atomic E-state index is 0.0237. The van der Waals surface area contributed by atoms with E-state index < -0.39 is 18.2 Å². The Morgan fingerprint density at radius 1 is 1.23 bits per heavy atom. The fraction of sp³-hybridized carbons (Fsp3) is 0.400. The minimum Gasteiger partial charge on any atom is -0.491 e. The van der Waals surface area contributed by atoms with E-state index in [0.29, 0.717) is 25.4 Å². The molecule has 1 fully saturated rings. The molecule has 2 aromatic carbocycles. The van der Waals surface area contributed by atoms with Crippen LogP contribution in [-0.2, 0) is 14.3 Å². The molecule has 0 spiro atoms. The van der Waals surface area contributed by atoms with Crippen molar-refractivity contribution in [2.75, 3.05) is 20.3 Å². The fourth-order valence-corrected chi connectivity index (χ4v) is 3.64. The van der Waals surface area contributed by atoms with Crippen molar-refractivity contribution in [2.24, 2.45) is 0 Å². The molecule has 0 amide bonds. The van der Waals surface area contributed by atoms with Gasteiger partial charge in [-0.05, 0) is 58.5 Å². The van der Waals surface area contributed by atoms with Gasteiger partial charge in [0.2, 0.25) is 0 Å². The van der Waals surface area contributed by atoms with Crippen LogP contribution in [0.3, 0.4) is 0 Å². The molecule has 2 aromatic rings. The molecule has 0 radical (unpaired) electrons. The molecule has 31 heavy (non-hydrogen) atoms. The van der Waals surface area contributed by atoms with Gasteiger partial charge in [-0.15, -0.1) is 0 Å². The zero-order chi connectivity index (χ0) is 22.4. The van der Waals surface area contributed by atoms with Crippen LogP contribution in [0.2, 0.25) is 0 Å². The molecule has 1 aliphatic rings. The molecule has 0 bridgehead atoms. The number of carbonyl (C=O) groups is 1. The number of cyclic esters (lactones) is 1. The van der Waals surface area contributed by atoms with Crippen molar-refractivity contribution in [1.82, 2.24) is 0 Å². The standard InChI is InChI=1S/C25H29FO5/c1-16(2)23-14-21(30-11-10-29-3)15-24(17-4-6-18(26)7-5-17)22(23)9-8-20-12-19(27)13-25(28)31-20/h4-9,14-16,19-20,27H,10-13H2,1-3H3/b9-8+/t19-,20-/m0/s1. The molecule has 3 rings (SSSR count). The number of methoxy groups -OCH3 is 1. The van der Waals surface area contributed by atoms with Gasteiger partial charge in [0.05, 0.1) is 19.1 Å². The SMILES string of the molecule is COCCOc1cc(-c2ccc(F)cc2)c(/C=C/[C@H]2C[C@H](O)CC(=O)O2)c(C(C)C)c1. The van der Waals surface area contributed by atoms with Gasteiger partial charge in [0, 0.05) is 13.5 Å². The minimum atomic E-state index is -0.700. The molecule has 1 heterocycles. The number of esters is 1. The number of aliphatic hydroxyl groups excluding tert-OH is 1. The molecular formula is C25H29FO5. The first-order valence-electron chi connectivity index (χ1n) is 10.5. The lowest BCUT2D eigenvalue weighted by molar-refractivity contribution is -0.156. The van der Waals surface area contributed by atoms with E-state index in [2.05, 4.69) is 13.8 Å². The highest BCUT2D eigenvalue weighted by molar-refractivity contribution is 5.79. The maximum atomic E-state index is 13.5. The summed E-state index contributed by atoms with van der Waals surface area (Å²) in [5.74, 6) is 0.180. The van der Waals surface area contributed by atoms with E-state index in [1.807, 2.05) is 18.2 Å². The summed E-state index contributed by atoms with van der Waals surface area (Å²) < 4.78 is 29.8. The third kappa shape index (κ3) is 6.15. The number of hydrogen-bond donors (Lipinski definition) is 1. The maximum absolute atomic E-state index is 13.5. The number of halogens is 1. The van der Waals surface area contributed by atoms with Crippen LogP contribution in [0.5, 0.6) is 5.75 Å². The molecule has 166 valence electrons. The van der Waals surface area contributed by atoms with Gasteiger partial charge >= 0.3 is 5.97 Å². The third-order valence-corrected chi connectivity index (χ3v) is 5.19. The van der Waals surface area contributed by atoms with Crippen molar-refractivity contribution in [2.45, 2.75) is 44.8 Å². The molecule has 5 nitrogen and oxygen atoms in total. The number of carbonyl (C=O) groups excluding carboxylic acids is 1. The van der Waals surface area contributed by atoms with Crippen molar-refractivity contribution in [1.29, 1.82) is 0 Å². The molecule has 1 saturated heterocycles. The average molecular weight is 429 g/mol. The number of aliphatic hydroxyl groups is 1. The van der Waals surface area contributed by atoms with Gasteiger partial charge in [-0.25, -0.2) is 4.39 Å². The lowest BCUT2D eigenvalue weighted by Crippen LogP contribution is -2.31. The summed E-state index contributed by atoms with van der Waals surface area (Å²) in [5.41, 5.74) is 3.73. The zero-order valence-electron chi connectivity index (χ0n) is 18.1. The Morgan fingerprint density at radius 3 is 2.61 bits per heavy atom. The van der Waals surface area contributed by atoms with Crippen LogP contribution in [0.4, 0.5) is 4.39 Å². The van der Waals surface area contributed by atoms with E-state index in [9.17, 15) is 14.3 Å². The van der Waals surface area contributed by atoms with E-state index in [1.54, 1.807) is 25.3 Å². The number of benzene rings is 2. The van der Waals surface area contributed by atoms with Crippen LogP contribution < -0.4 is 4.74 Å². The molecule has 1 aliphatic heterocycles. The number of hydrogen-bond acceptors (Lipinski definition) is 5. The highest BCUT2D eigenvalue weighted by Crippen LogP contribution is 2.36. The number of rotatable bonds is 8. The summed E-state index contributed by atoms with van der Waals surface area (Å²) in [5, 5.41) is 9.89. The zero-order valence-corrected chi connectivity index (χ0v) is 18.1. The van der Waals surface area contributed by atoms with Crippen molar-refractivity contribution < 1.29 is 28.5 Å². The summed E-state index contributed by atoms with van der Waals surface area (Å²) in [7, 11) is 1.62. The van der Waals surface area contributed by atoms with Crippen LogP contribution in [0.15, 0.2) is 42.5 Å². The Kier molecular flexibility index (Phi) is 7.82. The molecule has 0 saturated carbocycles. The molecule has 0 unspecified atom stereocenters. The first-order chi connectivity index (χ1) is 14.9. The van der Waals surface area contributed by atoms with Crippen molar-refractivity contribution >= 4 is 12.0 Å². The van der Waals surface area contributed by atoms with Crippen LogP contribution in [0.1, 0.15) is 43.7 Å². The van der Waals surface area contributed by atoms with Crippen LogP contribution in [-0.4, -0.2) is 43.6 Å². The Balaban J connectivity index is 2.04. The van der Waals surface area contributed by atoms with Crippen molar-refractivity contribution in [3.8, 4) is 16.9 Å². The van der Waals surface area contributed by atoms with E-state index in [4.69, 9.17) is 14.2 Å². The molecule has 1 N–H and O–H groups in total. The molecule has 2 atom stereocenters. The van der Waals surface area contributed by atoms with E-state index in [1.165, 1.54) is 12.1 Å². The Morgan fingerprint density at radius 2 is 1.97 bits per heavy atom. The lowest BCUT2D eigenvalue weighted by atomic mass is 9.89. The predicted molar refractivity (Wildman–Crippen MR) is 117 cm³/mol. The monoisotopic (exact) mass is 428 g/mol. The predicted octanol–water partition coefficient (Wildman–Crippen LogP) is 4.72. The van der Waals surface area contributed by atoms with Crippen molar-refractivity contribution in [3.63, 3.8) is 0 Å². The fourth-order valence-electron chi connectivity index (χ4n) is 3.64. The van der Waals surface area contributed by atoms with Gasteiger partial charge in [-0.2, -0.15) is 0 Å². The summed E-state index contributed by atoms with van der Waals surface area (Å²) in [6.07, 6.45) is 2.92. The Labute approximate surface area is 182 Å². The summed E-state index contributed by atoms with van der Waals surface area (Å²) in [4.78, 5) is 11.7. The summed E-state index contributed by atoms with van der Waals surface area (Å²) in [6.45, 7) is 5.07. The van der Waals surface area contributed by atoms with Crippen LogP contribution in [0.25, 0.3) is 17.2 Å². The largest absolute Gasteiger partial charge is 0.491 e. The second-order valence-corrected chi connectivity index (χ2v) is 7.96.